The lowest BCUT2D eigenvalue weighted by Gasteiger charge is -2.32. The molecule has 0 saturated heterocycles. The Bertz CT molecular complexity index is 883. The first-order valence-electron chi connectivity index (χ1n) is 8.07. The molecule has 1 atom stereocenters. The second kappa shape index (κ2) is 5.91. The van der Waals surface area contributed by atoms with E-state index in [4.69, 9.17) is 4.42 Å². The van der Waals surface area contributed by atoms with Crippen LogP contribution in [-0.4, -0.2) is 17.4 Å². The van der Waals surface area contributed by atoms with Crippen molar-refractivity contribution in [2.45, 2.75) is 26.2 Å². The number of nitrogens with zero attached hydrogens (tertiary/aromatic N) is 2. The number of carbonyl (C=O) groups is 1. The Morgan fingerprint density at radius 3 is 2.92 bits per heavy atom. The Balaban J connectivity index is 1.71. The summed E-state index contributed by atoms with van der Waals surface area (Å²) >= 11 is 1.49. The Morgan fingerprint density at radius 2 is 2.12 bits per heavy atom. The molecule has 3 aromatic rings. The number of furan rings is 1. The van der Waals surface area contributed by atoms with Crippen molar-refractivity contribution in [1.29, 1.82) is 0 Å². The minimum absolute atomic E-state index is 0.0269. The first kappa shape index (κ1) is 15.1. The molecular formula is C19H18N2O2S. The number of rotatable bonds is 2. The lowest BCUT2D eigenvalue weighted by molar-refractivity contribution is 0.0980. The van der Waals surface area contributed by atoms with E-state index in [2.05, 4.69) is 18.0 Å². The van der Waals surface area contributed by atoms with Gasteiger partial charge in [0, 0.05) is 17.1 Å². The fourth-order valence-electron chi connectivity index (χ4n) is 3.19. The number of fused-ring (bicyclic) bond motifs is 1. The maximum absolute atomic E-state index is 13.1. The standard InChI is InChI=1S/C19H18N2O2S/c1-12-9-10-21(15-7-4-3-6-14(12)15)19(22)17-13(2)24-18(20-17)16-8-5-11-23-16/h3-8,11-12H,9-10H2,1-2H3/t12-/m0/s1. The number of aryl methyl sites for hydroxylation is 1. The molecule has 5 heteroatoms. The van der Waals surface area contributed by atoms with Crippen LogP contribution in [-0.2, 0) is 0 Å². The van der Waals surface area contributed by atoms with Crippen molar-refractivity contribution in [3.05, 3.63) is 58.8 Å². The van der Waals surface area contributed by atoms with Crippen molar-refractivity contribution in [1.82, 2.24) is 4.98 Å². The lowest BCUT2D eigenvalue weighted by atomic mass is 9.91. The van der Waals surface area contributed by atoms with Gasteiger partial charge in [-0.15, -0.1) is 11.3 Å². The smallest absolute Gasteiger partial charge is 0.278 e. The Kier molecular flexibility index (Phi) is 3.73. The van der Waals surface area contributed by atoms with Gasteiger partial charge in [0.2, 0.25) is 0 Å². The molecule has 24 heavy (non-hydrogen) atoms. The number of hydrogen-bond acceptors (Lipinski definition) is 4. The molecule has 0 aliphatic carbocycles. The summed E-state index contributed by atoms with van der Waals surface area (Å²) in [6, 6.07) is 11.9. The van der Waals surface area contributed by atoms with E-state index < -0.39 is 0 Å². The third-order valence-electron chi connectivity index (χ3n) is 4.52. The van der Waals surface area contributed by atoms with Gasteiger partial charge < -0.3 is 9.32 Å². The van der Waals surface area contributed by atoms with Gasteiger partial charge in [-0.3, -0.25) is 4.79 Å². The van der Waals surface area contributed by atoms with Crippen molar-refractivity contribution >= 4 is 22.9 Å². The SMILES string of the molecule is Cc1sc(-c2ccco2)nc1C(=O)N1CC[C@H](C)c2ccccc21. The average molecular weight is 338 g/mol. The number of para-hydroxylation sites is 1. The van der Waals surface area contributed by atoms with Crippen molar-refractivity contribution in [2.75, 3.05) is 11.4 Å². The summed E-state index contributed by atoms with van der Waals surface area (Å²) in [7, 11) is 0. The molecule has 1 aliphatic heterocycles. The number of benzene rings is 1. The van der Waals surface area contributed by atoms with Crippen LogP contribution in [0.25, 0.3) is 10.8 Å². The van der Waals surface area contributed by atoms with Crippen LogP contribution in [0.1, 0.15) is 40.2 Å². The van der Waals surface area contributed by atoms with E-state index in [0.717, 1.165) is 28.5 Å². The number of anilines is 1. The predicted molar refractivity (Wildman–Crippen MR) is 95.7 cm³/mol. The van der Waals surface area contributed by atoms with Gasteiger partial charge in [-0.1, -0.05) is 25.1 Å². The molecule has 1 aliphatic rings. The largest absolute Gasteiger partial charge is 0.462 e. The fourth-order valence-corrected chi connectivity index (χ4v) is 4.06. The maximum Gasteiger partial charge on any atom is 0.278 e. The highest BCUT2D eigenvalue weighted by Gasteiger charge is 2.29. The van der Waals surface area contributed by atoms with Gasteiger partial charge >= 0.3 is 0 Å². The molecule has 4 rings (SSSR count). The minimum Gasteiger partial charge on any atom is -0.462 e. The molecule has 0 fully saturated rings. The highest BCUT2D eigenvalue weighted by atomic mass is 32.1. The maximum atomic E-state index is 13.1. The Labute approximate surface area is 144 Å². The van der Waals surface area contributed by atoms with E-state index in [9.17, 15) is 4.79 Å². The summed E-state index contributed by atoms with van der Waals surface area (Å²) in [5, 5.41) is 0.750. The Hall–Kier alpha value is -2.40. The van der Waals surface area contributed by atoms with Gasteiger partial charge in [0.25, 0.3) is 5.91 Å². The molecule has 4 nitrogen and oxygen atoms in total. The van der Waals surface area contributed by atoms with Gasteiger partial charge in [-0.25, -0.2) is 4.98 Å². The minimum atomic E-state index is -0.0269. The van der Waals surface area contributed by atoms with E-state index in [1.165, 1.54) is 16.9 Å². The van der Waals surface area contributed by atoms with Crippen LogP contribution < -0.4 is 4.90 Å². The van der Waals surface area contributed by atoms with Crippen LogP contribution >= 0.6 is 11.3 Å². The highest BCUT2D eigenvalue weighted by molar-refractivity contribution is 7.15. The molecule has 122 valence electrons. The summed E-state index contributed by atoms with van der Waals surface area (Å²) in [6.45, 7) is 4.88. The Morgan fingerprint density at radius 1 is 1.29 bits per heavy atom. The van der Waals surface area contributed by atoms with Crippen LogP contribution in [0.3, 0.4) is 0 Å². The molecule has 1 amide bonds. The van der Waals surface area contributed by atoms with Gasteiger partial charge in [-0.2, -0.15) is 0 Å². The quantitative estimate of drug-likeness (QED) is 0.670. The van der Waals surface area contributed by atoms with Crippen LogP contribution in [0.15, 0.2) is 47.1 Å². The van der Waals surface area contributed by atoms with Crippen LogP contribution in [0.4, 0.5) is 5.69 Å². The van der Waals surface area contributed by atoms with Crippen molar-refractivity contribution in [3.63, 3.8) is 0 Å². The number of thiazole rings is 1. The second-order valence-electron chi connectivity index (χ2n) is 6.11. The number of carbonyl (C=O) groups excluding carboxylic acids is 1. The number of amides is 1. The second-order valence-corrected chi connectivity index (χ2v) is 7.31. The average Bonchev–Trinajstić information content (AvgIpc) is 3.24. The van der Waals surface area contributed by atoms with E-state index in [0.29, 0.717) is 17.4 Å². The van der Waals surface area contributed by atoms with Gasteiger partial charge in [0.15, 0.2) is 10.8 Å². The zero-order chi connectivity index (χ0) is 16.7. The lowest BCUT2D eigenvalue weighted by Crippen LogP contribution is -2.36. The third kappa shape index (κ3) is 2.45. The third-order valence-corrected chi connectivity index (χ3v) is 5.51. The first-order chi connectivity index (χ1) is 11.6. The zero-order valence-corrected chi connectivity index (χ0v) is 14.5. The van der Waals surface area contributed by atoms with Gasteiger partial charge in [0.1, 0.15) is 5.69 Å². The highest BCUT2D eigenvalue weighted by Crippen LogP contribution is 2.36. The fraction of sp³-hybridized carbons (Fsp3) is 0.263. The predicted octanol–water partition coefficient (Wildman–Crippen LogP) is 4.87. The topological polar surface area (TPSA) is 46.3 Å². The summed E-state index contributed by atoms with van der Waals surface area (Å²) in [5.74, 6) is 1.15. The molecule has 2 aromatic heterocycles. The van der Waals surface area contributed by atoms with Gasteiger partial charge in [0.05, 0.1) is 6.26 Å². The van der Waals surface area contributed by atoms with Crippen molar-refractivity contribution in [3.8, 4) is 10.8 Å². The summed E-state index contributed by atoms with van der Waals surface area (Å²) in [5.41, 5.74) is 2.76. The summed E-state index contributed by atoms with van der Waals surface area (Å²) in [6.07, 6.45) is 2.59. The molecule has 0 N–H and O–H groups in total. The number of aromatic nitrogens is 1. The van der Waals surface area contributed by atoms with Crippen LogP contribution in [0.2, 0.25) is 0 Å². The van der Waals surface area contributed by atoms with Gasteiger partial charge in [-0.05, 0) is 43.0 Å². The van der Waals surface area contributed by atoms with Crippen LogP contribution in [0.5, 0.6) is 0 Å². The van der Waals surface area contributed by atoms with E-state index in [1.807, 2.05) is 42.2 Å². The molecule has 0 unspecified atom stereocenters. The molecule has 1 aromatic carbocycles. The number of hydrogen-bond donors (Lipinski definition) is 0. The molecule has 0 radical (unpaired) electrons. The van der Waals surface area contributed by atoms with E-state index in [1.54, 1.807) is 6.26 Å². The molecule has 0 spiro atoms. The summed E-state index contributed by atoms with van der Waals surface area (Å²) < 4.78 is 5.41. The normalized spacial score (nSPS) is 16.9. The van der Waals surface area contributed by atoms with Crippen LogP contribution in [0, 0.1) is 6.92 Å². The zero-order valence-electron chi connectivity index (χ0n) is 13.7. The molecule has 0 saturated carbocycles. The molecule has 0 bridgehead atoms. The monoisotopic (exact) mass is 338 g/mol. The van der Waals surface area contributed by atoms with Crippen molar-refractivity contribution in [2.24, 2.45) is 0 Å². The summed E-state index contributed by atoms with van der Waals surface area (Å²) in [4.78, 5) is 20.4. The van der Waals surface area contributed by atoms with Crippen molar-refractivity contribution < 1.29 is 9.21 Å². The molecular weight excluding hydrogens is 320 g/mol. The van der Waals surface area contributed by atoms with E-state index in [-0.39, 0.29) is 5.91 Å². The first-order valence-corrected chi connectivity index (χ1v) is 8.89. The molecule has 3 heterocycles. The van der Waals surface area contributed by atoms with E-state index >= 15 is 0 Å².